The molecule has 0 aliphatic carbocycles. The molecule has 2 rings (SSSR count). The van der Waals surface area contributed by atoms with Gasteiger partial charge in [-0.05, 0) is 13.0 Å². The van der Waals surface area contributed by atoms with E-state index in [2.05, 4.69) is 9.88 Å². The first-order chi connectivity index (χ1) is 9.47. The van der Waals surface area contributed by atoms with Gasteiger partial charge < -0.3 is 9.64 Å². The van der Waals surface area contributed by atoms with Crippen LogP contribution < -0.4 is 4.90 Å². The maximum Gasteiger partial charge on any atom is 0.302 e. The maximum absolute atomic E-state index is 10.9. The lowest BCUT2D eigenvalue weighted by molar-refractivity contribution is -0.385. The van der Waals surface area contributed by atoms with Gasteiger partial charge in [-0.25, -0.2) is 4.98 Å². The Balaban J connectivity index is 2.02. The van der Waals surface area contributed by atoms with Gasteiger partial charge in [0, 0.05) is 38.4 Å². The summed E-state index contributed by atoms with van der Waals surface area (Å²) in [5, 5.41) is 10.8. The van der Waals surface area contributed by atoms with E-state index < -0.39 is 4.92 Å². The molecule has 1 aromatic heterocycles. The molecule has 0 spiro atoms. The third kappa shape index (κ3) is 3.23. The van der Waals surface area contributed by atoms with Gasteiger partial charge in [-0.1, -0.05) is 0 Å². The van der Waals surface area contributed by atoms with Gasteiger partial charge in [0.05, 0.1) is 4.92 Å². The fourth-order valence-electron chi connectivity index (χ4n) is 2.34. The summed E-state index contributed by atoms with van der Waals surface area (Å²) in [5.74, 6) is 0.474. The van der Waals surface area contributed by atoms with Gasteiger partial charge in [0.2, 0.25) is 0 Å². The van der Waals surface area contributed by atoms with Crippen molar-refractivity contribution in [3.63, 3.8) is 0 Å². The predicted molar refractivity (Wildman–Crippen MR) is 72.6 cm³/mol. The highest BCUT2D eigenvalue weighted by Crippen LogP contribution is 2.24. The van der Waals surface area contributed by atoms with Crippen LogP contribution in [0, 0.1) is 17.0 Å². The molecular weight excluding hydrogens is 262 g/mol. The van der Waals surface area contributed by atoms with E-state index in [4.69, 9.17) is 4.74 Å². The summed E-state index contributed by atoms with van der Waals surface area (Å²) in [6, 6.07) is 1.73. The quantitative estimate of drug-likeness (QED) is 0.476. The largest absolute Gasteiger partial charge is 0.462 e. The second-order valence-electron chi connectivity index (χ2n) is 4.88. The summed E-state index contributed by atoms with van der Waals surface area (Å²) >= 11 is 0. The highest BCUT2D eigenvalue weighted by atomic mass is 16.6. The summed E-state index contributed by atoms with van der Waals surface area (Å²) < 4.78 is 5.17. The van der Waals surface area contributed by atoms with Crippen molar-refractivity contribution in [1.29, 1.82) is 0 Å². The molecule has 7 heteroatoms. The number of carbonyl (C=O) groups is 1. The molecule has 1 fully saturated rings. The molecule has 1 saturated heterocycles. The number of aromatic nitrogens is 1. The average molecular weight is 279 g/mol. The molecular formula is C13H17N3O4. The van der Waals surface area contributed by atoms with Crippen molar-refractivity contribution >= 4 is 17.5 Å². The van der Waals surface area contributed by atoms with E-state index in [1.54, 1.807) is 13.0 Å². The molecule has 0 atom stereocenters. The molecule has 0 bridgehead atoms. The lowest BCUT2D eigenvalue weighted by atomic mass is 10.1. The molecule has 0 amide bonds. The lowest BCUT2D eigenvalue weighted by Gasteiger charge is -2.32. The number of pyridine rings is 1. The molecule has 1 aliphatic heterocycles. The topological polar surface area (TPSA) is 85.6 Å². The van der Waals surface area contributed by atoms with E-state index in [0.717, 1.165) is 31.7 Å². The molecule has 0 N–H and O–H groups in total. The van der Waals surface area contributed by atoms with Crippen LogP contribution in [0.4, 0.5) is 11.5 Å². The van der Waals surface area contributed by atoms with E-state index in [1.165, 1.54) is 13.1 Å². The summed E-state index contributed by atoms with van der Waals surface area (Å²) in [6.45, 7) is 4.56. The number of hydrogen-bond donors (Lipinski definition) is 0. The normalized spacial score (nSPS) is 16.0. The maximum atomic E-state index is 10.9. The Kier molecular flexibility index (Phi) is 4.16. The smallest absolute Gasteiger partial charge is 0.302 e. The highest BCUT2D eigenvalue weighted by Gasteiger charge is 2.23. The fraction of sp³-hybridized carbons (Fsp3) is 0.538. The Morgan fingerprint density at radius 3 is 2.65 bits per heavy atom. The van der Waals surface area contributed by atoms with Gasteiger partial charge in [0.15, 0.2) is 0 Å². The zero-order valence-electron chi connectivity index (χ0n) is 11.5. The van der Waals surface area contributed by atoms with Crippen molar-refractivity contribution in [2.45, 2.75) is 32.8 Å². The van der Waals surface area contributed by atoms with Crippen molar-refractivity contribution in [2.24, 2.45) is 0 Å². The molecule has 0 radical (unpaired) electrons. The first kappa shape index (κ1) is 14.2. The number of ether oxygens (including phenoxy) is 1. The van der Waals surface area contributed by atoms with Crippen LogP contribution >= 0.6 is 0 Å². The zero-order valence-corrected chi connectivity index (χ0v) is 11.5. The Labute approximate surface area is 116 Å². The predicted octanol–water partition coefficient (Wildman–Crippen LogP) is 1.83. The van der Waals surface area contributed by atoms with Crippen LogP contribution in [-0.4, -0.2) is 35.1 Å². The van der Waals surface area contributed by atoms with Gasteiger partial charge in [0.25, 0.3) is 5.69 Å². The van der Waals surface area contributed by atoms with E-state index in [9.17, 15) is 14.9 Å². The Hall–Kier alpha value is -2.18. The molecule has 20 heavy (non-hydrogen) atoms. The third-order valence-electron chi connectivity index (χ3n) is 3.36. The second kappa shape index (κ2) is 5.85. The standard InChI is InChI=1S/C13H17N3O4/c1-9-7-13(14-8-12(9)16(18)19)15-5-3-11(4-6-15)20-10(2)17/h7-8,11H,3-6H2,1-2H3. The number of rotatable bonds is 3. The molecule has 0 unspecified atom stereocenters. The van der Waals surface area contributed by atoms with Gasteiger partial charge in [-0.2, -0.15) is 0 Å². The van der Waals surface area contributed by atoms with Crippen molar-refractivity contribution in [2.75, 3.05) is 18.0 Å². The number of nitro groups is 1. The summed E-state index contributed by atoms with van der Waals surface area (Å²) in [5.41, 5.74) is 0.630. The molecule has 1 aliphatic rings. The Morgan fingerprint density at radius 2 is 2.15 bits per heavy atom. The monoisotopic (exact) mass is 279 g/mol. The van der Waals surface area contributed by atoms with Crippen LogP contribution in [0.15, 0.2) is 12.3 Å². The lowest BCUT2D eigenvalue weighted by Crippen LogP contribution is -2.38. The summed E-state index contributed by atoms with van der Waals surface area (Å²) in [7, 11) is 0. The van der Waals surface area contributed by atoms with Crippen molar-refractivity contribution in [3.8, 4) is 0 Å². The molecule has 1 aromatic rings. The van der Waals surface area contributed by atoms with E-state index in [-0.39, 0.29) is 17.8 Å². The number of carbonyl (C=O) groups excluding carboxylic acids is 1. The summed E-state index contributed by atoms with van der Waals surface area (Å²) in [6.07, 6.45) is 2.75. The molecule has 0 aromatic carbocycles. The SMILES string of the molecule is CC(=O)OC1CCN(c2cc(C)c([N+](=O)[O-])cn2)CC1. The molecule has 2 heterocycles. The van der Waals surface area contributed by atoms with Crippen LogP contribution in [0.3, 0.4) is 0 Å². The average Bonchev–Trinajstić information content (AvgIpc) is 2.38. The van der Waals surface area contributed by atoms with Gasteiger partial charge in [-0.3, -0.25) is 14.9 Å². The minimum atomic E-state index is -0.432. The van der Waals surface area contributed by atoms with Crippen LogP contribution in [0.1, 0.15) is 25.3 Å². The van der Waals surface area contributed by atoms with E-state index >= 15 is 0 Å². The van der Waals surface area contributed by atoms with Crippen molar-refractivity contribution < 1.29 is 14.5 Å². The zero-order chi connectivity index (χ0) is 14.7. The van der Waals surface area contributed by atoms with Gasteiger partial charge >= 0.3 is 5.97 Å². The van der Waals surface area contributed by atoms with E-state index in [1.807, 2.05) is 0 Å². The van der Waals surface area contributed by atoms with Gasteiger partial charge in [0.1, 0.15) is 18.1 Å². The number of aryl methyl sites for hydroxylation is 1. The van der Waals surface area contributed by atoms with Crippen LogP contribution in [0.5, 0.6) is 0 Å². The highest BCUT2D eigenvalue weighted by molar-refractivity contribution is 5.66. The first-order valence-electron chi connectivity index (χ1n) is 6.50. The molecule has 108 valence electrons. The van der Waals surface area contributed by atoms with Crippen molar-refractivity contribution in [1.82, 2.24) is 4.98 Å². The number of anilines is 1. The summed E-state index contributed by atoms with van der Waals surface area (Å²) in [4.78, 5) is 27.4. The minimum Gasteiger partial charge on any atom is -0.462 e. The van der Waals surface area contributed by atoms with Crippen LogP contribution in [0.2, 0.25) is 0 Å². The minimum absolute atomic E-state index is 0.0311. The van der Waals surface area contributed by atoms with Crippen LogP contribution in [-0.2, 0) is 9.53 Å². The second-order valence-corrected chi connectivity index (χ2v) is 4.88. The number of hydrogen-bond acceptors (Lipinski definition) is 6. The Bertz CT molecular complexity index is 524. The number of piperidine rings is 1. The van der Waals surface area contributed by atoms with Crippen LogP contribution in [0.25, 0.3) is 0 Å². The first-order valence-corrected chi connectivity index (χ1v) is 6.50. The van der Waals surface area contributed by atoms with Crippen molar-refractivity contribution in [3.05, 3.63) is 27.9 Å². The van der Waals surface area contributed by atoms with E-state index in [0.29, 0.717) is 5.56 Å². The third-order valence-corrected chi connectivity index (χ3v) is 3.36. The number of esters is 1. The fourth-order valence-corrected chi connectivity index (χ4v) is 2.34. The molecule has 0 saturated carbocycles. The molecule has 7 nitrogen and oxygen atoms in total. The Morgan fingerprint density at radius 1 is 1.50 bits per heavy atom. The van der Waals surface area contributed by atoms with Gasteiger partial charge in [-0.15, -0.1) is 0 Å². The number of nitrogens with zero attached hydrogens (tertiary/aromatic N) is 3.